The van der Waals surface area contributed by atoms with Crippen LogP contribution in [0.15, 0.2) is 48.5 Å². The van der Waals surface area contributed by atoms with E-state index in [9.17, 15) is 18.0 Å². The summed E-state index contributed by atoms with van der Waals surface area (Å²) in [7, 11) is 0. The minimum absolute atomic E-state index is 0.0686. The first kappa shape index (κ1) is 16.2. The summed E-state index contributed by atoms with van der Waals surface area (Å²) in [4.78, 5) is 11.6. The highest BCUT2D eigenvalue weighted by Gasteiger charge is 2.34. The number of esters is 1. The van der Waals surface area contributed by atoms with Gasteiger partial charge in [-0.15, -0.1) is 0 Å². The topological polar surface area (TPSA) is 35.5 Å². The maximum Gasteiger partial charge on any atom is 0.420 e. The third kappa shape index (κ3) is 4.14. The van der Waals surface area contributed by atoms with Gasteiger partial charge in [-0.25, -0.2) is 4.79 Å². The Morgan fingerprint density at radius 1 is 1.09 bits per heavy atom. The van der Waals surface area contributed by atoms with Crippen LogP contribution in [0.4, 0.5) is 13.2 Å². The van der Waals surface area contributed by atoms with Crippen molar-refractivity contribution >= 4 is 17.6 Å². The summed E-state index contributed by atoms with van der Waals surface area (Å²) in [6, 6.07) is 11.1. The first-order valence-corrected chi connectivity index (χ1v) is 6.47. The second-order valence-corrected chi connectivity index (χ2v) is 4.63. The van der Waals surface area contributed by atoms with E-state index in [1.165, 1.54) is 18.2 Å². The highest BCUT2D eigenvalue weighted by molar-refractivity contribution is 6.30. The number of halogens is 4. The lowest BCUT2D eigenvalue weighted by atomic mass is 10.2. The number of benzene rings is 2. The molecule has 0 radical (unpaired) electrons. The molecule has 0 saturated carbocycles. The van der Waals surface area contributed by atoms with E-state index in [4.69, 9.17) is 21.1 Å². The Labute approximate surface area is 129 Å². The van der Waals surface area contributed by atoms with Gasteiger partial charge in [-0.05, 0) is 30.3 Å². The Hall–Kier alpha value is -2.21. The van der Waals surface area contributed by atoms with Gasteiger partial charge in [0.05, 0.1) is 11.1 Å². The van der Waals surface area contributed by atoms with E-state index < -0.39 is 30.3 Å². The number of hydrogen-bond donors (Lipinski definition) is 0. The zero-order valence-electron chi connectivity index (χ0n) is 11.1. The van der Waals surface area contributed by atoms with Gasteiger partial charge >= 0.3 is 12.1 Å². The van der Waals surface area contributed by atoms with Gasteiger partial charge in [0.25, 0.3) is 0 Å². The zero-order valence-corrected chi connectivity index (χ0v) is 11.8. The molecule has 0 aliphatic rings. The normalized spacial score (nSPS) is 11.1. The number of carbonyl (C=O) groups is 1. The number of ether oxygens (including phenoxy) is 2. The van der Waals surface area contributed by atoms with Crippen LogP contribution in [0.5, 0.6) is 5.75 Å². The van der Waals surface area contributed by atoms with Crippen LogP contribution in [0, 0.1) is 0 Å². The number of hydrogen-bond acceptors (Lipinski definition) is 3. The third-order valence-corrected chi connectivity index (χ3v) is 2.90. The summed E-state index contributed by atoms with van der Waals surface area (Å²) in [6.07, 6.45) is -4.62. The first-order chi connectivity index (χ1) is 10.4. The van der Waals surface area contributed by atoms with Crippen LogP contribution in [0.3, 0.4) is 0 Å². The summed E-state index contributed by atoms with van der Waals surface area (Å²) >= 11 is 5.55. The maximum atomic E-state index is 12.8. The summed E-state index contributed by atoms with van der Waals surface area (Å²) in [5.74, 6) is -1.15. The molecule has 0 aromatic heterocycles. The zero-order chi connectivity index (χ0) is 16.2. The molecule has 22 heavy (non-hydrogen) atoms. The summed E-state index contributed by atoms with van der Waals surface area (Å²) in [5, 5.41) is -0.0686. The Bertz CT molecular complexity index is 657. The molecule has 0 saturated heterocycles. The van der Waals surface area contributed by atoms with Gasteiger partial charge in [-0.2, -0.15) is 13.2 Å². The van der Waals surface area contributed by atoms with E-state index in [0.29, 0.717) is 0 Å². The quantitative estimate of drug-likeness (QED) is 0.609. The second kappa shape index (κ2) is 6.70. The van der Waals surface area contributed by atoms with Crippen molar-refractivity contribution in [3.8, 4) is 5.75 Å². The number of alkyl halides is 3. The molecule has 0 bridgehead atoms. The van der Waals surface area contributed by atoms with Crippen molar-refractivity contribution in [2.24, 2.45) is 0 Å². The lowest BCUT2D eigenvalue weighted by molar-refractivity contribution is -0.139. The van der Waals surface area contributed by atoms with E-state index >= 15 is 0 Å². The van der Waals surface area contributed by atoms with E-state index in [1.807, 2.05) is 0 Å². The highest BCUT2D eigenvalue weighted by atomic mass is 35.5. The van der Waals surface area contributed by atoms with Crippen molar-refractivity contribution in [2.45, 2.75) is 6.18 Å². The molecule has 2 aromatic carbocycles. The SMILES string of the molecule is O=C(OCOc1ccc(Cl)cc1C(F)(F)F)c1ccccc1. The molecule has 0 aliphatic heterocycles. The Kier molecular flexibility index (Phi) is 4.92. The molecular formula is C15H10ClF3O3. The standard InChI is InChI=1S/C15H10ClF3O3/c16-11-6-7-13(12(8-11)15(17,18)19)21-9-22-14(20)10-4-2-1-3-5-10/h1-8H,9H2. The van der Waals surface area contributed by atoms with Crippen LogP contribution >= 0.6 is 11.6 Å². The van der Waals surface area contributed by atoms with Crippen molar-refractivity contribution in [2.75, 3.05) is 6.79 Å². The van der Waals surface area contributed by atoms with E-state index in [2.05, 4.69) is 0 Å². The van der Waals surface area contributed by atoms with Gasteiger partial charge in [0.1, 0.15) is 5.75 Å². The van der Waals surface area contributed by atoms with Crippen LogP contribution < -0.4 is 4.74 Å². The highest BCUT2D eigenvalue weighted by Crippen LogP contribution is 2.37. The van der Waals surface area contributed by atoms with Crippen molar-refractivity contribution in [1.29, 1.82) is 0 Å². The molecule has 0 unspecified atom stereocenters. The van der Waals surface area contributed by atoms with Crippen LogP contribution in [-0.4, -0.2) is 12.8 Å². The third-order valence-electron chi connectivity index (χ3n) is 2.66. The van der Waals surface area contributed by atoms with Crippen molar-refractivity contribution in [1.82, 2.24) is 0 Å². The average molecular weight is 331 g/mol. The maximum absolute atomic E-state index is 12.8. The molecule has 0 atom stereocenters. The van der Waals surface area contributed by atoms with E-state index in [-0.39, 0.29) is 10.6 Å². The summed E-state index contributed by atoms with van der Waals surface area (Å²) in [5.41, 5.74) is -0.756. The lowest BCUT2D eigenvalue weighted by Gasteiger charge is -2.14. The molecule has 3 nitrogen and oxygen atoms in total. The predicted octanol–water partition coefficient (Wildman–Crippen LogP) is 4.55. The fourth-order valence-electron chi connectivity index (χ4n) is 1.65. The number of carbonyl (C=O) groups excluding carboxylic acids is 1. The molecule has 0 amide bonds. The number of rotatable bonds is 4. The molecule has 7 heteroatoms. The van der Waals surface area contributed by atoms with Crippen molar-refractivity contribution < 1.29 is 27.4 Å². The van der Waals surface area contributed by atoms with Gasteiger partial charge in [-0.3, -0.25) is 0 Å². The Balaban J connectivity index is 2.02. The minimum Gasteiger partial charge on any atom is -0.457 e. The van der Waals surface area contributed by atoms with Crippen LogP contribution in [0.1, 0.15) is 15.9 Å². The van der Waals surface area contributed by atoms with Crippen molar-refractivity contribution in [3.63, 3.8) is 0 Å². The van der Waals surface area contributed by atoms with E-state index in [0.717, 1.165) is 12.1 Å². The van der Waals surface area contributed by atoms with Gasteiger partial charge < -0.3 is 9.47 Å². The van der Waals surface area contributed by atoms with Gasteiger partial charge in [0.2, 0.25) is 6.79 Å². The molecule has 0 N–H and O–H groups in total. The molecule has 2 aromatic rings. The van der Waals surface area contributed by atoms with Crippen LogP contribution in [0.2, 0.25) is 5.02 Å². The fraction of sp³-hybridized carbons (Fsp3) is 0.133. The predicted molar refractivity (Wildman–Crippen MR) is 73.8 cm³/mol. The van der Waals surface area contributed by atoms with Crippen LogP contribution in [-0.2, 0) is 10.9 Å². The molecule has 2 rings (SSSR count). The molecular weight excluding hydrogens is 321 g/mol. The molecule has 116 valence electrons. The Morgan fingerprint density at radius 3 is 2.41 bits per heavy atom. The van der Waals surface area contributed by atoms with Crippen molar-refractivity contribution in [3.05, 3.63) is 64.7 Å². The second-order valence-electron chi connectivity index (χ2n) is 4.20. The molecule has 0 spiro atoms. The summed E-state index contributed by atoms with van der Waals surface area (Å²) < 4.78 is 48.2. The van der Waals surface area contributed by atoms with Gasteiger partial charge in [-0.1, -0.05) is 29.8 Å². The smallest absolute Gasteiger partial charge is 0.420 e. The van der Waals surface area contributed by atoms with E-state index in [1.54, 1.807) is 18.2 Å². The molecule has 0 heterocycles. The van der Waals surface area contributed by atoms with Gasteiger partial charge in [0, 0.05) is 5.02 Å². The average Bonchev–Trinajstić information content (AvgIpc) is 2.48. The molecule has 0 aliphatic carbocycles. The van der Waals surface area contributed by atoms with Gasteiger partial charge in [0.15, 0.2) is 0 Å². The lowest BCUT2D eigenvalue weighted by Crippen LogP contribution is -2.13. The largest absolute Gasteiger partial charge is 0.457 e. The summed E-state index contributed by atoms with van der Waals surface area (Å²) in [6.45, 7) is -0.640. The van der Waals surface area contributed by atoms with Crippen LogP contribution in [0.25, 0.3) is 0 Å². The first-order valence-electron chi connectivity index (χ1n) is 6.09. The fourth-order valence-corrected chi connectivity index (χ4v) is 1.83. The minimum atomic E-state index is -4.62. The monoisotopic (exact) mass is 330 g/mol. The molecule has 0 fully saturated rings. The Morgan fingerprint density at radius 2 is 1.77 bits per heavy atom.